The van der Waals surface area contributed by atoms with Crippen molar-refractivity contribution in [2.75, 3.05) is 0 Å². The number of hydrogen-bond acceptors (Lipinski definition) is 0. The Morgan fingerprint density at radius 2 is 1.75 bits per heavy atom. The molecule has 0 heterocycles. The fraction of sp³-hybridized carbons (Fsp3) is 0.929. The normalized spacial score (nSPS) is 46.5. The molecule has 4 aliphatic rings. The van der Waals surface area contributed by atoms with Gasteiger partial charge in [0.25, 0.3) is 0 Å². The predicted molar refractivity (Wildman–Crippen MR) is 122 cm³/mol. The Morgan fingerprint density at radius 3 is 2.50 bits per heavy atom. The third-order valence-electron chi connectivity index (χ3n) is 10.6. The summed E-state index contributed by atoms with van der Waals surface area (Å²) in [6.07, 6.45) is 19.0. The summed E-state index contributed by atoms with van der Waals surface area (Å²) >= 11 is 0. The molecule has 0 aromatic rings. The number of allylic oxidation sites excluding steroid dienone is 2. The zero-order valence-corrected chi connectivity index (χ0v) is 19.9. The molecule has 5 unspecified atom stereocenters. The molecule has 0 nitrogen and oxygen atoms in total. The van der Waals surface area contributed by atoms with Crippen LogP contribution in [-0.2, 0) is 0 Å². The minimum absolute atomic E-state index is 0.553. The van der Waals surface area contributed by atoms with Crippen molar-refractivity contribution in [1.29, 1.82) is 0 Å². The Kier molecular flexibility index (Phi) is 5.83. The molecule has 3 saturated carbocycles. The third kappa shape index (κ3) is 3.43. The van der Waals surface area contributed by atoms with E-state index >= 15 is 0 Å². The number of hydrogen-bond donors (Lipinski definition) is 0. The molecule has 0 amide bonds. The minimum atomic E-state index is 0.553. The SMILES string of the molecule is CC(C)CCCC(C)[C@H]1CCC2C3CC=C4CC(C)CC[C@]4(C)C3CC[C@@]21C. The van der Waals surface area contributed by atoms with Gasteiger partial charge < -0.3 is 0 Å². The van der Waals surface area contributed by atoms with Crippen LogP contribution in [0.1, 0.15) is 112 Å². The maximum atomic E-state index is 2.75. The van der Waals surface area contributed by atoms with E-state index in [9.17, 15) is 0 Å². The maximum Gasteiger partial charge on any atom is -0.00851 e. The molecule has 0 saturated heterocycles. The Morgan fingerprint density at radius 1 is 0.964 bits per heavy atom. The second-order valence-electron chi connectivity index (χ2n) is 12.6. The molecule has 0 N–H and O–H groups in total. The second-order valence-corrected chi connectivity index (χ2v) is 12.6. The van der Waals surface area contributed by atoms with Gasteiger partial charge >= 0.3 is 0 Å². The molecular formula is C28H48. The van der Waals surface area contributed by atoms with Crippen LogP contribution in [0.4, 0.5) is 0 Å². The fourth-order valence-corrected chi connectivity index (χ4v) is 8.87. The molecule has 0 radical (unpaired) electrons. The lowest BCUT2D eigenvalue weighted by molar-refractivity contribution is -0.0523. The van der Waals surface area contributed by atoms with Crippen molar-refractivity contribution in [3.8, 4) is 0 Å². The quantitative estimate of drug-likeness (QED) is 0.416. The van der Waals surface area contributed by atoms with Crippen molar-refractivity contribution < 1.29 is 0 Å². The van der Waals surface area contributed by atoms with Gasteiger partial charge in [0.2, 0.25) is 0 Å². The molecule has 4 rings (SSSR count). The van der Waals surface area contributed by atoms with Crippen LogP contribution in [0.3, 0.4) is 0 Å². The summed E-state index contributed by atoms with van der Waals surface area (Å²) in [6, 6.07) is 0. The first kappa shape index (κ1) is 21.0. The van der Waals surface area contributed by atoms with Crippen LogP contribution in [0, 0.1) is 52.3 Å². The third-order valence-corrected chi connectivity index (χ3v) is 10.6. The molecular weight excluding hydrogens is 336 g/mol. The highest BCUT2D eigenvalue weighted by molar-refractivity contribution is 5.25. The molecule has 8 atom stereocenters. The molecule has 3 fully saturated rings. The largest absolute Gasteiger partial charge is 0.0845 e. The molecule has 0 heteroatoms. The van der Waals surface area contributed by atoms with E-state index < -0.39 is 0 Å². The first-order valence-electron chi connectivity index (χ1n) is 12.9. The van der Waals surface area contributed by atoms with Gasteiger partial charge in [-0.05, 0) is 104 Å². The van der Waals surface area contributed by atoms with Crippen molar-refractivity contribution in [3.05, 3.63) is 11.6 Å². The van der Waals surface area contributed by atoms with E-state index in [-0.39, 0.29) is 0 Å². The van der Waals surface area contributed by atoms with E-state index in [1.54, 1.807) is 0 Å². The van der Waals surface area contributed by atoms with E-state index in [2.05, 4.69) is 47.6 Å². The van der Waals surface area contributed by atoms with Crippen molar-refractivity contribution in [1.82, 2.24) is 0 Å². The molecule has 28 heavy (non-hydrogen) atoms. The van der Waals surface area contributed by atoms with Crippen LogP contribution in [0.5, 0.6) is 0 Å². The monoisotopic (exact) mass is 384 g/mol. The highest BCUT2D eigenvalue weighted by atomic mass is 14.6. The van der Waals surface area contributed by atoms with E-state index in [0.717, 1.165) is 41.4 Å². The van der Waals surface area contributed by atoms with E-state index in [1.807, 2.05) is 5.57 Å². The smallest absolute Gasteiger partial charge is 0.00851 e. The van der Waals surface area contributed by atoms with Gasteiger partial charge in [0.1, 0.15) is 0 Å². The van der Waals surface area contributed by atoms with E-state index in [4.69, 9.17) is 0 Å². The lowest BCUT2D eigenvalue weighted by Crippen LogP contribution is -2.50. The van der Waals surface area contributed by atoms with Gasteiger partial charge in [-0.15, -0.1) is 0 Å². The first-order valence-corrected chi connectivity index (χ1v) is 12.9. The topological polar surface area (TPSA) is 0 Å². The standard InChI is InChI=1S/C28H48/c1-19(2)8-7-9-21(4)24-12-13-25-23-11-10-22-18-20(3)14-16-27(22,5)26(23)15-17-28(24,25)6/h10,19-21,23-26H,7-9,11-18H2,1-6H3/t20?,21?,23?,24-,25?,26?,27+,28-/m1/s1. The molecule has 4 aliphatic carbocycles. The van der Waals surface area contributed by atoms with Gasteiger partial charge in [-0.25, -0.2) is 0 Å². The molecule has 0 aliphatic heterocycles. The Bertz CT molecular complexity index is 585. The molecule has 0 spiro atoms. The average molecular weight is 385 g/mol. The minimum Gasteiger partial charge on any atom is -0.0845 e. The van der Waals surface area contributed by atoms with Crippen LogP contribution in [0.2, 0.25) is 0 Å². The lowest BCUT2D eigenvalue weighted by Gasteiger charge is -2.58. The van der Waals surface area contributed by atoms with Crippen molar-refractivity contribution in [2.45, 2.75) is 112 Å². The summed E-state index contributed by atoms with van der Waals surface area (Å²) in [6.45, 7) is 15.3. The Hall–Kier alpha value is -0.260. The van der Waals surface area contributed by atoms with Gasteiger partial charge in [-0.1, -0.05) is 72.5 Å². The maximum absolute atomic E-state index is 2.75. The Balaban J connectivity index is 1.49. The van der Waals surface area contributed by atoms with Gasteiger partial charge in [0, 0.05) is 0 Å². The van der Waals surface area contributed by atoms with Gasteiger partial charge in [-0.3, -0.25) is 0 Å². The molecule has 0 aromatic carbocycles. The van der Waals surface area contributed by atoms with Gasteiger partial charge in [-0.2, -0.15) is 0 Å². The Labute approximate surface area is 176 Å². The summed E-state index contributed by atoms with van der Waals surface area (Å²) in [5.41, 5.74) is 3.06. The summed E-state index contributed by atoms with van der Waals surface area (Å²) in [5, 5.41) is 0. The summed E-state index contributed by atoms with van der Waals surface area (Å²) in [7, 11) is 0. The number of rotatable bonds is 5. The second kappa shape index (κ2) is 7.77. The van der Waals surface area contributed by atoms with Crippen molar-refractivity contribution in [2.24, 2.45) is 52.3 Å². The predicted octanol–water partition coefficient (Wildman–Crippen LogP) is 8.66. The number of fused-ring (bicyclic) bond motifs is 5. The zero-order valence-electron chi connectivity index (χ0n) is 19.9. The molecule has 0 bridgehead atoms. The molecule has 0 aromatic heterocycles. The van der Waals surface area contributed by atoms with Crippen molar-refractivity contribution in [3.63, 3.8) is 0 Å². The summed E-state index contributed by atoms with van der Waals surface area (Å²) in [5.74, 6) is 6.73. The van der Waals surface area contributed by atoms with Gasteiger partial charge in [0.15, 0.2) is 0 Å². The van der Waals surface area contributed by atoms with Crippen molar-refractivity contribution >= 4 is 0 Å². The van der Waals surface area contributed by atoms with Crippen LogP contribution < -0.4 is 0 Å². The van der Waals surface area contributed by atoms with Crippen LogP contribution in [0.15, 0.2) is 11.6 Å². The highest BCUT2D eigenvalue weighted by Gasteiger charge is 2.58. The highest BCUT2D eigenvalue weighted by Crippen LogP contribution is 2.67. The van der Waals surface area contributed by atoms with E-state index in [0.29, 0.717) is 10.8 Å². The first-order chi connectivity index (χ1) is 13.3. The van der Waals surface area contributed by atoms with E-state index in [1.165, 1.54) is 70.6 Å². The fourth-order valence-electron chi connectivity index (χ4n) is 8.87. The molecule has 160 valence electrons. The van der Waals surface area contributed by atoms with Crippen LogP contribution in [-0.4, -0.2) is 0 Å². The van der Waals surface area contributed by atoms with Crippen LogP contribution >= 0.6 is 0 Å². The summed E-state index contributed by atoms with van der Waals surface area (Å²) in [4.78, 5) is 0. The lowest BCUT2D eigenvalue weighted by atomic mass is 9.46. The average Bonchev–Trinajstić information content (AvgIpc) is 2.99. The van der Waals surface area contributed by atoms with Gasteiger partial charge in [0.05, 0.1) is 0 Å². The zero-order chi connectivity index (χ0) is 20.1. The summed E-state index contributed by atoms with van der Waals surface area (Å²) < 4.78 is 0. The van der Waals surface area contributed by atoms with Crippen LogP contribution in [0.25, 0.3) is 0 Å².